The summed E-state index contributed by atoms with van der Waals surface area (Å²) in [5.41, 5.74) is 4.72. The van der Waals surface area contributed by atoms with E-state index in [1.165, 1.54) is 11.1 Å². The standard InChI is InChI=1S/C15H13BrN2S/c1-10-2-7-14-13(8-10)17-15(19)18(14)9-11-3-5-12(16)6-4-11/h2-8H,9H2,1H3,(H,17,19). The van der Waals surface area contributed by atoms with Crippen molar-refractivity contribution in [2.75, 3.05) is 0 Å². The number of imidazole rings is 1. The lowest BCUT2D eigenvalue weighted by Crippen LogP contribution is -1.99. The third-order valence-electron chi connectivity index (χ3n) is 3.18. The Bertz CT molecular complexity index is 784. The molecule has 3 rings (SSSR count). The summed E-state index contributed by atoms with van der Waals surface area (Å²) in [4.78, 5) is 3.27. The van der Waals surface area contributed by atoms with Crippen molar-refractivity contribution in [3.05, 3.63) is 62.8 Å². The van der Waals surface area contributed by atoms with Crippen LogP contribution in [0.3, 0.4) is 0 Å². The summed E-state index contributed by atoms with van der Waals surface area (Å²) in [6.45, 7) is 2.87. The molecule has 0 atom stereocenters. The molecule has 0 amide bonds. The molecule has 0 fully saturated rings. The lowest BCUT2D eigenvalue weighted by molar-refractivity contribution is 0.810. The summed E-state index contributed by atoms with van der Waals surface area (Å²) in [6, 6.07) is 14.7. The van der Waals surface area contributed by atoms with Gasteiger partial charge in [-0.2, -0.15) is 0 Å². The average molecular weight is 333 g/mol. The summed E-state index contributed by atoms with van der Waals surface area (Å²) in [5.74, 6) is 0. The van der Waals surface area contributed by atoms with Crippen molar-refractivity contribution in [3.63, 3.8) is 0 Å². The first kappa shape index (κ1) is 12.6. The normalized spacial score (nSPS) is 11.1. The second-order valence-electron chi connectivity index (χ2n) is 4.66. The van der Waals surface area contributed by atoms with Gasteiger partial charge >= 0.3 is 0 Å². The number of halogens is 1. The number of H-pyrrole nitrogens is 1. The average Bonchev–Trinajstić information content (AvgIpc) is 2.68. The molecule has 0 aliphatic carbocycles. The van der Waals surface area contributed by atoms with Crippen molar-refractivity contribution < 1.29 is 0 Å². The summed E-state index contributed by atoms with van der Waals surface area (Å²) in [7, 11) is 0. The van der Waals surface area contributed by atoms with Crippen molar-refractivity contribution in [2.24, 2.45) is 0 Å². The highest BCUT2D eigenvalue weighted by Gasteiger charge is 2.05. The van der Waals surface area contributed by atoms with Gasteiger partial charge in [0.25, 0.3) is 0 Å². The van der Waals surface area contributed by atoms with Crippen LogP contribution in [0.25, 0.3) is 11.0 Å². The molecule has 19 heavy (non-hydrogen) atoms. The van der Waals surface area contributed by atoms with E-state index in [0.29, 0.717) is 0 Å². The number of aromatic amines is 1. The molecule has 96 valence electrons. The van der Waals surface area contributed by atoms with Gasteiger partial charge in [-0.3, -0.25) is 0 Å². The van der Waals surface area contributed by atoms with Crippen molar-refractivity contribution in [3.8, 4) is 0 Å². The number of benzene rings is 2. The van der Waals surface area contributed by atoms with Crippen LogP contribution >= 0.6 is 28.1 Å². The Hall–Kier alpha value is -1.39. The van der Waals surface area contributed by atoms with Gasteiger partial charge in [0, 0.05) is 4.47 Å². The molecular weight excluding hydrogens is 320 g/mol. The molecule has 0 saturated carbocycles. The molecule has 0 unspecified atom stereocenters. The number of nitrogens with one attached hydrogen (secondary N) is 1. The quantitative estimate of drug-likeness (QED) is 0.667. The molecule has 0 bridgehead atoms. The third kappa shape index (κ3) is 2.51. The Balaban J connectivity index is 2.07. The number of nitrogens with zero attached hydrogens (tertiary/aromatic N) is 1. The zero-order chi connectivity index (χ0) is 13.4. The van der Waals surface area contributed by atoms with Gasteiger partial charge in [-0.1, -0.05) is 34.1 Å². The highest BCUT2D eigenvalue weighted by Crippen LogP contribution is 2.18. The Morgan fingerprint density at radius 3 is 2.63 bits per heavy atom. The van der Waals surface area contributed by atoms with E-state index in [4.69, 9.17) is 12.2 Å². The first-order valence-corrected chi connectivity index (χ1v) is 7.27. The fraction of sp³-hybridized carbons (Fsp3) is 0.133. The van der Waals surface area contributed by atoms with Gasteiger partial charge in [0.1, 0.15) is 0 Å². The number of rotatable bonds is 2. The summed E-state index contributed by atoms with van der Waals surface area (Å²) < 4.78 is 3.99. The molecule has 0 radical (unpaired) electrons. The first-order chi connectivity index (χ1) is 9.13. The number of aromatic nitrogens is 2. The molecule has 0 saturated heterocycles. The maximum absolute atomic E-state index is 5.42. The topological polar surface area (TPSA) is 20.7 Å². The van der Waals surface area contributed by atoms with Gasteiger partial charge in [-0.05, 0) is 54.5 Å². The van der Waals surface area contributed by atoms with E-state index in [2.05, 4.69) is 74.9 Å². The van der Waals surface area contributed by atoms with Crippen molar-refractivity contribution in [1.82, 2.24) is 9.55 Å². The van der Waals surface area contributed by atoms with Gasteiger partial charge < -0.3 is 9.55 Å². The van der Waals surface area contributed by atoms with Gasteiger partial charge in [0.15, 0.2) is 4.77 Å². The summed E-state index contributed by atoms with van der Waals surface area (Å²) in [5, 5.41) is 0. The van der Waals surface area contributed by atoms with E-state index in [1.807, 2.05) is 0 Å². The van der Waals surface area contributed by atoms with Gasteiger partial charge in [-0.25, -0.2) is 0 Å². The maximum atomic E-state index is 5.42. The molecular formula is C15H13BrN2S. The van der Waals surface area contributed by atoms with E-state index in [9.17, 15) is 0 Å². The van der Waals surface area contributed by atoms with Crippen LogP contribution in [0.2, 0.25) is 0 Å². The van der Waals surface area contributed by atoms with Gasteiger partial charge in [-0.15, -0.1) is 0 Å². The van der Waals surface area contributed by atoms with Crippen LogP contribution in [0.5, 0.6) is 0 Å². The molecule has 1 N–H and O–H groups in total. The highest BCUT2D eigenvalue weighted by molar-refractivity contribution is 9.10. The van der Waals surface area contributed by atoms with Crippen LogP contribution in [0.15, 0.2) is 46.9 Å². The summed E-state index contributed by atoms with van der Waals surface area (Å²) >= 11 is 8.87. The number of hydrogen-bond donors (Lipinski definition) is 1. The Kier molecular flexibility index (Phi) is 3.29. The van der Waals surface area contributed by atoms with E-state index in [-0.39, 0.29) is 0 Å². The van der Waals surface area contributed by atoms with Crippen LogP contribution < -0.4 is 0 Å². The Morgan fingerprint density at radius 1 is 1.16 bits per heavy atom. The van der Waals surface area contributed by atoms with Crippen LogP contribution in [0.1, 0.15) is 11.1 Å². The highest BCUT2D eigenvalue weighted by atomic mass is 79.9. The molecule has 0 aliphatic rings. The van der Waals surface area contributed by atoms with Gasteiger partial charge in [0.05, 0.1) is 17.6 Å². The fourth-order valence-corrected chi connectivity index (χ4v) is 2.74. The fourth-order valence-electron chi connectivity index (χ4n) is 2.21. The predicted molar refractivity (Wildman–Crippen MR) is 85.1 cm³/mol. The van der Waals surface area contributed by atoms with Crippen LogP contribution in [-0.2, 0) is 6.54 Å². The lowest BCUT2D eigenvalue weighted by Gasteiger charge is -2.05. The van der Waals surface area contributed by atoms with Crippen LogP contribution in [-0.4, -0.2) is 9.55 Å². The van der Waals surface area contributed by atoms with Crippen molar-refractivity contribution in [1.29, 1.82) is 0 Å². The first-order valence-electron chi connectivity index (χ1n) is 6.07. The van der Waals surface area contributed by atoms with Crippen LogP contribution in [0, 0.1) is 11.7 Å². The second-order valence-corrected chi connectivity index (χ2v) is 5.97. The van der Waals surface area contributed by atoms with Gasteiger partial charge in [0.2, 0.25) is 0 Å². The minimum Gasteiger partial charge on any atom is -0.331 e. The Labute approximate surface area is 125 Å². The minimum atomic E-state index is 0.767. The smallest absolute Gasteiger partial charge is 0.178 e. The number of fused-ring (bicyclic) bond motifs is 1. The number of aryl methyl sites for hydroxylation is 1. The maximum Gasteiger partial charge on any atom is 0.178 e. The summed E-state index contributed by atoms with van der Waals surface area (Å²) in [6.07, 6.45) is 0. The Morgan fingerprint density at radius 2 is 1.89 bits per heavy atom. The molecule has 0 spiro atoms. The second kappa shape index (κ2) is 4.94. The SMILES string of the molecule is Cc1ccc2c(c1)[nH]c(=S)n2Cc1ccc(Br)cc1. The van der Waals surface area contributed by atoms with E-state index in [1.54, 1.807) is 0 Å². The molecule has 2 nitrogen and oxygen atoms in total. The molecule has 4 heteroatoms. The van der Waals surface area contributed by atoms with Crippen molar-refractivity contribution >= 4 is 39.2 Å². The predicted octanol–water partition coefficient (Wildman–Crippen LogP) is 4.82. The zero-order valence-corrected chi connectivity index (χ0v) is 12.9. The van der Waals surface area contributed by atoms with E-state index >= 15 is 0 Å². The monoisotopic (exact) mass is 332 g/mol. The molecule has 0 aliphatic heterocycles. The molecule has 2 aromatic carbocycles. The third-order valence-corrected chi connectivity index (χ3v) is 4.03. The zero-order valence-electron chi connectivity index (χ0n) is 10.5. The minimum absolute atomic E-state index is 0.767. The van der Waals surface area contributed by atoms with E-state index in [0.717, 1.165) is 26.8 Å². The van der Waals surface area contributed by atoms with Crippen molar-refractivity contribution in [2.45, 2.75) is 13.5 Å². The molecule has 3 aromatic rings. The largest absolute Gasteiger partial charge is 0.331 e. The molecule has 1 heterocycles. The lowest BCUT2D eigenvalue weighted by atomic mass is 10.2. The molecule has 1 aromatic heterocycles. The van der Waals surface area contributed by atoms with E-state index < -0.39 is 0 Å². The number of hydrogen-bond acceptors (Lipinski definition) is 1. The van der Waals surface area contributed by atoms with Crippen LogP contribution in [0.4, 0.5) is 0 Å².